The standard InChI is InChI=1S/C20H22F3N3O2/c1-13(24-12-15-6-5-7-16(11-15)25-14(2)27)10-19(28)26-18-9-4-3-8-17(18)20(21,22)23/h3-9,11,13,24H,10,12H2,1-2H3,(H,25,27)(H,26,28). The van der Waals surface area contributed by atoms with Crippen LogP contribution in [0.3, 0.4) is 0 Å². The molecule has 2 aromatic rings. The summed E-state index contributed by atoms with van der Waals surface area (Å²) in [6.07, 6.45) is -4.52. The Hall–Kier alpha value is -2.87. The molecule has 5 nitrogen and oxygen atoms in total. The molecule has 2 aromatic carbocycles. The molecule has 28 heavy (non-hydrogen) atoms. The normalized spacial score (nSPS) is 12.3. The molecule has 0 aliphatic carbocycles. The Balaban J connectivity index is 1.89. The molecule has 0 saturated carbocycles. The molecule has 1 unspecified atom stereocenters. The van der Waals surface area contributed by atoms with Crippen LogP contribution in [0.5, 0.6) is 0 Å². The van der Waals surface area contributed by atoms with E-state index >= 15 is 0 Å². The molecule has 2 amide bonds. The molecule has 0 aliphatic rings. The van der Waals surface area contributed by atoms with Gasteiger partial charge in [0.05, 0.1) is 11.3 Å². The number of nitrogens with one attached hydrogen (secondary N) is 3. The van der Waals surface area contributed by atoms with E-state index in [4.69, 9.17) is 0 Å². The van der Waals surface area contributed by atoms with Gasteiger partial charge in [0.15, 0.2) is 0 Å². The van der Waals surface area contributed by atoms with Crippen molar-refractivity contribution in [2.75, 3.05) is 10.6 Å². The molecule has 0 aliphatic heterocycles. The van der Waals surface area contributed by atoms with Gasteiger partial charge in [-0.3, -0.25) is 9.59 Å². The summed E-state index contributed by atoms with van der Waals surface area (Å²) in [5, 5.41) is 8.16. The van der Waals surface area contributed by atoms with Crippen LogP contribution in [0.15, 0.2) is 48.5 Å². The number of anilines is 2. The Labute approximate surface area is 161 Å². The molecule has 0 radical (unpaired) electrons. The zero-order valence-electron chi connectivity index (χ0n) is 15.6. The van der Waals surface area contributed by atoms with Crippen LogP contribution in [0.1, 0.15) is 31.4 Å². The number of benzene rings is 2. The van der Waals surface area contributed by atoms with E-state index in [9.17, 15) is 22.8 Å². The predicted molar refractivity (Wildman–Crippen MR) is 102 cm³/mol. The van der Waals surface area contributed by atoms with Crippen LogP contribution in [0.25, 0.3) is 0 Å². The fraction of sp³-hybridized carbons (Fsp3) is 0.300. The molecule has 2 rings (SSSR count). The summed E-state index contributed by atoms with van der Waals surface area (Å²) < 4.78 is 39.0. The molecule has 0 fully saturated rings. The number of para-hydroxylation sites is 1. The van der Waals surface area contributed by atoms with Crippen molar-refractivity contribution >= 4 is 23.2 Å². The Bertz CT molecular complexity index is 837. The van der Waals surface area contributed by atoms with Crippen LogP contribution < -0.4 is 16.0 Å². The maximum absolute atomic E-state index is 13.0. The maximum atomic E-state index is 13.0. The van der Waals surface area contributed by atoms with Crippen LogP contribution in [-0.2, 0) is 22.3 Å². The van der Waals surface area contributed by atoms with Gasteiger partial charge in [0, 0.05) is 31.6 Å². The molecule has 0 heterocycles. The topological polar surface area (TPSA) is 70.2 Å². The smallest absolute Gasteiger partial charge is 0.326 e. The Kier molecular flexibility index (Phi) is 7.17. The third-order valence-electron chi connectivity index (χ3n) is 3.90. The van der Waals surface area contributed by atoms with Gasteiger partial charge in [0.1, 0.15) is 0 Å². The summed E-state index contributed by atoms with van der Waals surface area (Å²) in [7, 11) is 0. The lowest BCUT2D eigenvalue weighted by molar-refractivity contribution is -0.137. The van der Waals surface area contributed by atoms with Gasteiger partial charge in [-0.05, 0) is 36.8 Å². The maximum Gasteiger partial charge on any atom is 0.418 e. The number of halogens is 3. The van der Waals surface area contributed by atoms with Crippen molar-refractivity contribution in [1.29, 1.82) is 0 Å². The van der Waals surface area contributed by atoms with Gasteiger partial charge in [0.25, 0.3) is 0 Å². The predicted octanol–water partition coefficient (Wildman–Crippen LogP) is 4.17. The second-order valence-electron chi connectivity index (χ2n) is 6.46. The molecule has 0 saturated heterocycles. The molecule has 1 atom stereocenters. The molecule has 8 heteroatoms. The third kappa shape index (κ3) is 6.70. The van der Waals surface area contributed by atoms with Crippen LogP contribution >= 0.6 is 0 Å². The first-order valence-corrected chi connectivity index (χ1v) is 8.71. The van der Waals surface area contributed by atoms with E-state index in [-0.39, 0.29) is 24.1 Å². The van der Waals surface area contributed by atoms with Crippen molar-refractivity contribution < 1.29 is 22.8 Å². The molecule has 0 bridgehead atoms. The van der Waals surface area contributed by atoms with Gasteiger partial charge >= 0.3 is 6.18 Å². The second-order valence-corrected chi connectivity index (χ2v) is 6.46. The van der Waals surface area contributed by atoms with Gasteiger partial charge in [-0.2, -0.15) is 13.2 Å². The van der Waals surface area contributed by atoms with Crippen molar-refractivity contribution in [1.82, 2.24) is 5.32 Å². The van der Waals surface area contributed by atoms with Gasteiger partial charge in [-0.15, -0.1) is 0 Å². The molecule has 150 valence electrons. The Morgan fingerprint density at radius 1 is 1.04 bits per heavy atom. The lowest BCUT2D eigenvalue weighted by atomic mass is 10.1. The van der Waals surface area contributed by atoms with E-state index in [1.807, 2.05) is 6.07 Å². The van der Waals surface area contributed by atoms with Gasteiger partial charge in [-0.25, -0.2) is 0 Å². The van der Waals surface area contributed by atoms with Crippen molar-refractivity contribution in [3.63, 3.8) is 0 Å². The fourth-order valence-electron chi connectivity index (χ4n) is 2.65. The number of hydrogen-bond acceptors (Lipinski definition) is 3. The van der Waals surface area contributed by atoms with Gasteiger partial charge in [-0.1, -0.05) is 24.3 Å². The summed E-state index contributed by atoms with van der Waals surface area (Å²) in [4.78, 5) is 23.2. The van der Waals surface area contributed by atoms with E-state index in [0.717, 1.165) is 11.6 Å². The number of rotatable bonds is 7. The minimum absolute atomic E-state index is 0.0115. The summed E-state index contributed by atoms with van der Waals surface area (Å²) in [6, 6.07) is 11.8. The Morgan fingerprint density at radius 3 is 2.43 bits per heavy atom. The summed E-state index contributed by atoms with van der Waals surface area (Å²) in [6.45, 7) is 3.64. The minimum Gasteiger partial charge on any atom is -0.326 e. The largest absolute Gasteiger partial charge is 0.418 e. The summed E-state index contributed by atoms with van der Waals surface area (Å²) in [5.41, 5.74) is 0.441. The zero-order chi connectivity index (χ0) is 20.7. The van der Waals surface area contributed by atoms with Crippen LogP contribution in [0, 0.1) is 0 Å². The van der Waals surface area contributed by atoms with E-state index < -0.39 is 17.6 Å². The average Bonchev–Trinajstić information content (AvgIpc) is 2.59. The van der Waals surface area contributed by atoms with Crippen LogP contribution in [-0.4, -0.2) is 17.9 Å². The number of carbonyl (C=O) groups is 2. The van der Waals surface area contributed by atoms with Gasteiger partial charge in [0.2, 0.25) is 11.8 Å². The second kappa shape index (κ2) is 9.36. The highest BCUT2D eigenvalue weighted by Gasteiger charge is 2.33. The first kappa shape index (κ1) is 21.4. The Morgan fingerprint density at radius 2 is 1.75 bits per heavy atom. The SMILES string of the molecule is CC(=O)Nc1cccc(CNC(C)CC(=O)Nc2ccccc2C(F)(F)F)c1. The number of amides is 2. The van der Waals surface area contributed by atoms with Crippen LogP contribution in [0.2, 0.25) is 0 Å². The quantitative estimate of drug-likeness (QED) is 0.661. The lowest BCUT2D eigenvalue weighted by Gasteiger charge is -2.16. The van der Waals surface area contributed by atoms with Crippen molar-refractivity contribution in [2.24, 2.45) is 0 Å². The van der Waals surface area contributed by atoms with Crippen molar-refractivity contribution in [3.8, 4) is 0 Å². The molecular weight excluding hydrogens is 371 g/mol. The van der Waals surface area contributed by atoms with E-state index in [2.05, 4.69) is 16.0 Å². The lowest BCUT2D eigenvalue weighted by Crippen LogP contribution is -2.30. The minimum atomic E-state index is -4.54. The van der Waals surface area contributed by atoms with Gasteiger partial charge < -0.3 is 16.0 Å². The monoisotopic (exact) mass is 393 g/mol. The first-order valence-electron chi connectivity index (χ1n) is 8.71. The van der Waals surface area contributed by atoms with E-state index in [1.54, 1.807) is 25.1 Å². The zero-order valence-corrected chi connectivity index (χ0v) is 15.6. The van der Waals surface area contributed by atoms with Crippen molar-refractivity contribution in [2.45, 2.75) is 39.0 Å². The van der Waals surface area contributed by atoms with E-state index in [0.29, 0.717) is 12.2 Å². The first-order chi connectivity index (χ1) is 13.1. The summed E-state index contributed by atoms with van der Waals surface area (Å²) in [5.74, 6) is -0.682. The molecule has 0 spiro atoms. The molecule has 3 N–H and O–H groups in total. The molecular formula is C20H22F3N3O2. The highest BCUT2D eigenvalue weighted by atomic mass is 19.4. The number of alkyl halides is 3. The highest BCUT2D eigenvalue weighted by Crippen LogP contribution is 2.34. The van der Waals surface area contributed by atoms with Crippen molar-refractivity contribution in [3.05, 3.63) is 59.7 Å². The number of hydrogen-bond donors (Lipinski definition) is 3. The van der Waals surface area contributed by atoms with Crippen LogP contribution in [0.4, 0.5) is 24.5 Å². The average molecular weight is 393 g/mol. The fourth-order valence-corrected chi connectivity index (χ4v) is 2.65. The third-order valence-corrected chi connectivity index (χ3v) is 3.90. The highest BCUT2D eigenvalue weighted by molar-refractivity contribution is 5.92. The summed E-state index contributed by atoms with van der Waals surface area (Å²) >= 11 is 0. The molecule has 0 aromatic heterocycles. The number of carbonyl (C=O) groups excluding carboxylic acids is 2. The van der Waals surface area contributed by atoms with E-state index in [1.165, 1.54) is 25.1 Å².